The molecule has 1 aliphatic rings. The summed E-state index contributed by atoms with van der Waals surface area (Å²) in [6, 6.07) is 17.8. The largest absolute Gasteiger partial charge is 0.507 e. The molecule has 1 unspecified atom stereocenters. The number of benzene rings is 3. The van der Waals surface area contributed by atoms with Crippen LogP contribution < -0.4 is 23.8 Å². The molecule has 0 aliphatic carbocycles. The molecule has 0 bridgehead atoms. The van der Waals surface area contributed by atoms with Crippen molar-refractivity contribution in [1.29, 1.82) is 0 Å². The molecule has 1 saturated heterocycles. The Bertz CT molecular complexity index is 1360. The van der Waals surface area contributed by atoms with Crippen molar-refractivity contribution in [2.24, 2.45) is 0 Å². The number of aliphatic hydroxyl groups is 1. The molecule has 4 rings (SSSR count). The van der Waals surface area contributed by atoms with Crippen LogP contribution >= 0.6 is 0 Å². The van der Waals surface area contributed by atoms with E-state index in [1.165, 1.54) is 19.1 Å². The lowest BCUT2D eigenvalue weighted by Gasteiger charge is -2.26. The number of methoxy groups -OCH3 is 2. The molecule has 3 aromatic carbocycles. The highest BCUT2D eigenvalue weighted by atomic mass is 16.5. The van der Waals surface area contributed by atoms with Crippen molar-refractivity contribution in [2.45, 2.75) is 32.9 Å². The Morgan fingerprint density at radius 1 is 0.921 bits per heavy atom. The van der Waals surface area contributed by atoms with Crippen molar-refractivity contribution in [3.05, 3.63) is 83.4 Å². The van der Waals surface area contributed by atoms with Gasteiger partial charge >= 0.3 is 0 Å². The highest BCUT2D eigenvalue weighted by Crippen LogP contribution is 2.44. The Kier molecular flexibility index (Phi) is 7.90. The second kappa shape index (κ2) is 11.3. The minimum atomic E-state index is -0.932. The molecule has 198 valence electrons. The lowest BCUT2D eigenvalue weighted by Crippen LogP contribution is -2.29. The van der Waals surface area contributed by atoms with E-state index in [2.05, 4.69) is 0 Å². The molecule has 0 aromatic heterocycles. The number of anilines is 1. The Morgan fingerprint density at radius 3 is 2.29 bits per heavy atom. The van der Waals surface area contributed by atoms with Gasteiger partial charge < -0.3 is 24.1 Å². The fourth-order valence-corrected chi connectivity index (χ4v) is 4.43. The first-order valence-corrected chi connectivity index (χ1v) is 12.3. The van der Waals surface area contributed by atoms with E-state index in [4.69, 9.17) is 18.9 Å². The smallest absolute Gasteiger partial charge is 0.300 e. The number of hydrogen-bond donors (Lipinski definition) is 1. The average molecular weight is 518 g/mol. The maximum absolute atomic E-state index is 13.5. The van der Waals surface area contributed by atoms with Crippen molar-refractivity contribution in [1.82, 2.24) is 0 Å². The van der Waals surface area contributed by atoms with Crippen LogP contribution in [0.4, 0.5) is 5.69 Å². The van der Waals surface area contributed by atoms with Gasteiger partial charge in [0.1, 0.15) is 17.3 Å². The molecular weight excluding hydrogens is 486 g/mol. The van der Waals surface area contributed by atoms with Crippen LogP contribution in [0.15, 0.2) is 72.3 Å². The van der Waals surface area contributed by atoms with Crippen LogP contribution in [0.3, 0.4) is 0 Å². The van der Waals surface area contributed by atoms with E-state index >= 15 is 0 Å². The van der Waals surface area contributed by atoms with E-state index < -0.39 is 17.7 Å². The van der Waals surface area contributed by atoms with Crippen molar-refractivity contribution in [3.8, 4) is 23.0 Å². The number of amides is 1. The number of rotatable bonds is 9. The Hall–Kier alpha value is -4.46. The molecule has 0 radical (unpaired) electrons. The zero-order valence-electron chi connectivity index (χ0n) is 22.1. The molecule has 8 heteroatoms. The zero-order chi connectivity index (χ0) is 27.4. The van der Waals surface area contributed by atoms with Crippen LogP contribution in [0.1, 0.15) is 37.9 Å². The average Bonchev–Trinajstić information content (AvgIpc) is 3.18. The molecule has 1 N–H and O–H groups in total. The van der Waals surface area contributed by atoms with Gasteiger partial charge in [-0.05, 0) is 74.9 Å². The summed E-state index contributed by atoms with van der Waals surface area (Å²) in [6.07, 6.45) is -0.0164. The third kappa shape index (κ3) is 5.16. The second-order valence-electron chi connectivity index (χ2n) is 8.90. The SMILES string of the molecule is CCOc1cc(C2/C(=C(/O)c3ccc(OC(C)C)cc3)C(=O)C(=O)N2c2cccc(OC)c2)ccc1OC. The molecule has 1 heterocycles. The summed E-state index contributed by atoms with van der Waals surface area (Å²) < 4.78 is 22.2. The highest BCUT2D eigenvalue weighted by Gasteiger charge is 2.47. The van der Waals surface area contributed by atoms with Gasteiger partial charge in [0.2, 0.25) is 0 Å². The molecule has 1 fully saturated rings. The van der Waals surface area contributed by atoms with Crippen LogP contribution in [0.25, 0.3) is 5.76 Å². The first-order valence-electron chi connectivity index (χ1n) is 12.3. The topological polar surface area (TPSA) is 94.5 Å². The fourth-order valence-electron chi connectivity index (χ4n) is 4.43. The molecule has 1 atom stereocenters. The molecule has 0 saturated carbocycles. The third-order valence-electron chi connectivity index (χ3n) is 6.08. The Labute approximate surface area is 222 Å². The van der Waals surface area contributed by atoms with E-state index in [-0.39, 0.29) is 17.4 Å². The van der Waals surface area contributed by atoms with Crippen LogP contribution in [0.2, 0.25) is 0 Å². The molecule has 1 amide bonds. The Morgan fingerprint density at radius 2 is 1.66 bits per heavy atom. The van der Waals surface area contributed by atoms with Gasteiger partial charge in [-0.3, -0.25) is 14.5 Å². The van der Waals surface area contributed by atoms with Gasteiger partial charge in [0, 0.05) is 17.3 Å². The molecule has 1 aliphatic heterocycles. The monoisotopic (exact) mass is 517 g/mol. The number of Topliss-reactive ketones (excluding diaryl/α,β-unsaturated/α-hetero) is 1. The van der Waals surface area contributed by atoms with E-state index in [1.807, 2.05) is 20.8 Å². The summed E-state index contributed by atoms with van der Waals surface area (Å²) in [4.78, 5) is 28.3. The number of aliphatic hydroxyl groups excluding tert-OH is 1. The van der Waals surface area contributed by atoms with Crippen molar-refractivity contribution < 1.29 is 33.6 Å². The predicted octanol–water partition coefficient (Wildman–Crippen LogP) is 5.52. The first-order chi connectivity index (χ1) is 18.3. The quantitative estimate of drug-likeness (QED) is 0.227. The standard InChI is InChI=1S/C30H31NO7/c1-6-37-25-16-20(12-15-24(25)36-5)27-26(28(32)19-10-13-22(14-11-19)38-18(2)3)29(33)30(34)31(27)21-8-7-9-23(17-21)35-4/h7-18,27,32H,6H2,1-5H3/b28-26-. The molecule has 38 heavy (non-hydrogen) atoms. The van der Waals surface area contributed by atoms with Gasteiger partial charge in [0.25, 0.3) is 11.7 Å². The lowest BCUT2D eigenvalue weighted by molar-refractivity contribution is -0.132. The summed E-state index contributed by atoms with van der Waals surface area (Å²) in [5.41, 5.74) is 1.36. The molecule has 8 nitrogen and oxygen atoms in total. The normalized spacial score (nSPS) is 16.6. The lowest BCUT2D eigenvalue weighted by atomic mass is 9.94. The maximum Gasteiger partial charge on any atom is 0.300 e. The van der Waals surface area contributed by atoms with Crippen molar-refractivity contribution >= 4 is 23.1 Å². The first kappa shape index (κ1) is 26.6. The van der Waals surface area contributed by atoms with Gasteiger partial charge in [-0.1, -0.05) is 12.1 Å². The van der Waals surface area contributed by atoms with Gasteiger partial charge in [-0.25, -0.2) is 0 Å². The Balaban J connectivity index is 1.91. The predicted molar refractivity (Wildman–Crippen MR) is 144 cm³/mol. The number of carbonyl (C=O) groups excluding carboxylic acids is 2. The number of ether oxygens (including phenoxy) is 4. The summed E-state index contributed by atoms with van der Waals surface area (Å²) in [7, 11) is 3.06. The van der Waals surface area contributed by atoms with Gasteiger partial charge in [-0.15, -0.1) is 0 Å². The summed E-state index contributed by atoms with van der Waals surface area (Å²) in [5.74, 6) is 0.261. The zero-order valence-corrected chi connectivity index (χ0v) is 22.1. The number of carbonyl (C=O) groups is 2. The second-order valence-corrected chi connectivity index (χ2v) is 8.90. The fraction of sp³-hybridized carbons (Fsp3) is 0.267. The van der Waals surface area contributed by atoms with Crippen LogP contribution in [0.5, 0.6) is 23.0 Å². The van der Waals surface area contributed by atoms with E-state index in [0.29, 0.717) is 46.4 Å². The minimum absolute atomic E-state index is 0.0164. The van der Waals surface area contributed by atoms with Gasteiger partial charge in [0.15, 0.2) is 11.5 Å². The van der Waals surface area contributed by atoms with E-state index in [1.54, 1.807) is 66.7 Å². The molecule has 0 spiro atoms. The van der Waals surface area contributed by atoms with Crippen LogP contribution in [0, 0.1) is 0 Å². The van der Waals surface area contributed by atoms with Crippen LogP contribution in [-0.2, 0) is 9.59 Å². The summed E-state index contributed by atoms with van der Waals surface area (Å²) in [5, 5.41) is 11.4. The van der Waals surface area contributed by atoms with E-state index in [0.717, 1.165) is 0 Å². The van der Waals surface area contributed by atoms with Gasteiger partial charge in [-0.2, -0.15) is 0 Å². The highest BCUT2D eigenvalue weighted by molar-refractivity contribution is 6.51. The summed E-state index contributed by atoms with van der Waals surface area (Å²) >= 11 is 0. The van der Waals surface area contributed by atoms with Crippen molar-refractivity contribution in [3.63, 3.8) is 0 Å². The maximum atomic E-state index is 13.5. The number of ketones is 1. The molecule has 3 aromatic rings. The third-order valence-corrected chi connectivity index (χ3v) is 6.08. The summed E-state index contributed by atoms with van der Waals surface area (Å²) in [6.45, 7) is 6.07. The van der Waals surface area contributed by atoms with E-state index in [9.17, 15) is 14.7 Å². The number of nitrogens with zero attached hydrogens (tertiary/aromatic N) is 1. The van der Waals surface area contributed by atoms with Crippen molar-refractivity contribution in [2.75, 3.05) is 25.7 Å². The van der Waals surface area contributed by atoms with Crippen LogP contribution in [-0.4, -0.2) is 43.7 Å². The minimum Gasteiger partial charge on any atom is -0.507 e. The van der Waals surface area contributed by atoms with Gasteiger partial charge in [0.05, 0.1) is 38.5 Å². The molecular formula is C30H31NO7. The number of hydrogen-bond acceptors (Lipinski definition) is 7.